The minimum atomic E-state index is -0.913. The number of esters is 1. The summed E-state index contributed by atoms with van der Waals surface area (Å²) >= 11 is 6.96. The molecule has 0 spiro atoms. The lowest BCUT2D eigenvalue weighted by atomic mass is 10.3. The number of hydrogen-bond acceptors (Lipinski definition) is 6. The molecule has 0 radical (unpaired) electrons. The van der Waals surface area contributed by atoms with Gasteiger partial charge in [0.25, 0.3) is 5.91 Å². The van der Waals surface area contributed by atoms with Crippen molar-refractivity contribution in [3.8, 4) is 0 Å². The second-order valence-electron chi connectivity index (χ2n) is 5.35. The Morgan fingerprint density at radius 1 is 1.20 bits per heavy atom. The molecule has 8 heteroatoms. The van der Waals surface area contributed by atoms with E-state index in [0.717, 1.165) is 11.4 Å². The lowest BCUT2D eigenvalue weighted by Crippen LogP contribution is -2.30. The van der Waals surface area contributed by atoms with E-state index >= 15 is 0 Å². The SMILES string of the molecule is Cc1cc(C)nc(SCC(=O)OC(C)C(=O)Nc2ccc(Cl)cc2)n1. The summed E-state index contributed by atoms with van der Waals surface area (Å²) in [5, 5.41) is 3.74. The number of carbonyl (C=O) groups is 2. The van der Waals surface area contributed by atoms with Gasteiger partial charge in [-0.15, -0.1) is 0 Å². The van der Waals surface area contributed by atoms with Crippen molar-refractivity contribution in [3.63, 3.8) is 0 Å². The number of ether oxygens (including phenoxy) is 1. The van der Waals surface area contributed by atoms with E-state index in [2.05, 4.69) is 15.3 Å². The number of amides is 1. The summed E-state index contributed by atoms with van der Waals surface area (Å²) in [6, 6.07) is 8.51. The first-order valence-electron chi connectivity index (χ1n) is 7.54. The predicted octanol–water partition coefficient (Wildman–Crippen LogP) is 3.41. The first-order valence-corrected chi connectivity index (χ1v) is 8.91. The van der Waals surface area contributed by atoms with Crippen molar-refractivity contribution in [1.82, 2.24) is 9.97 Å². The number of carbonyl (C=O) groups excluding carboxylic acids is 2. The Kier molecular flexibility index (Phi) is 6.78. The van der Waals surface area contributed by atoms with E-state index in [0.29, 0.717) is 15.9 Å². The predicted molar refractivity (Wildman–Crippen MR) is 97.9 cm³/mol. The van der Waals surface area contributed by atoms with E-state index in [1.54, 1.807) is 24.3 Å². The summed E-state index contributed by atoms with van der Waals surface area (Å²) in [5.74, 6) is -0.892. The van der Waals surface area contributed by atoms with Crippen LogP contribution in [0.25, 0.3) is 0 Å². The van der Waals surface area contributed by atoms with E-state index in [4.69, 9.17) is 16.3 Å². The van der Waals surface area contributed by atoms with Crippen LogP contribution in [0.4, 0.5) is 5.69 Å². The first-order chi connectivity index (χ1) is 11.8. The van der Waals surface area contributed by atoms with Crippen LogP contribution in [0.3, 0.4) is 0 Å². The Hall–Kier alpha value is -2.12. The van der Waals surface area contributed by atoms with Crippen LogP contribution in [-0.2, 0) is 14.3 Å². The van der Waals surface area contributed by atoms with E-state index in [-0.39, 0.29) is 5.75 Å². The Morgan fingerprint density at radius 2 is 1.80 bits per heavy atom. The number of aromatic nitrogens is 2. The van der Waals surface area contributed by atoms with Gasteiger partial charge in [0.1, 0.15) is 0 Å². The van der Waals surface area contributed by atoms with Gasteiger partial charge in [0.2, 0.25) is 0 Å². The average molecular weight is 380 g/mol. The highest BCUT2D eigenvalue weighted by Gasteiger charge is 2.18. The number of halogens is 1. The molecule has 1 atom stereocenters. The zero-order chi connectivity index (χ0) is 18.4. The third-order valence-electron chi connectivity index (χ3n) is 3.07. The highest BCUT2D eigenvalue weighted by atomic mass is 35.5. The topological polar surface area (TPSA) is 81.2 Å². The smallest absolute Gasteiger partial charge is 0.317 e. The van der Waals surface area contributed by atoms with Gasteiger partial charge in [0, 0.05) is 22.1 Å². The Morgan fingerprint density at radius 3 is 2.40 bits per heavy atom. The molecular weight excluding hydrogens is 362 g/mol. The summed E-state index contributed by atoms with van der Waals surface area (Å²) in [6.45, 7) is 5.24. The molecule has 1 aromatic heterocycles. The van der Waals surface area contributed by atoms with Crippen molar-refractivity contribution in [1.29, 1.82) is 0 Å². The summed E-state index contributed by atoms with van der Waals surface area (Å²) in [5.41, 5.74) is 2.24. The van der Waals surface area contributed by atoms with Crippen LogP contribution in [0, 0.1) is 13.8 Å². The molecule has 2 rings (SSSR count). The number of aryl methyl sites for hydroxylation is 2. The van der Waals surface area contributed by atoms with Crippen LogP contribution in [0.1, 0.15) is 18.3 Å². The minimum Gasteiger partial charge on any atom is -0.452 e. The van der Waals surface area contributed by atoms with Gasteiger partial charge in [-0.05, 0) is 51.1 Å². The summed E-state index contributed by atoms with van der Waals surface area (Å²) in [6.07, 6.45) is -0.913. The second-order valence-corrected chi connectivity index (χ2v) is 6.73. The summed E-state index contributed by atoms with van der Waals surface area (Å²) in [7, 11) is 0. The second kappa shape index (κ2) is 8.82. The number of nitrogens with one attached hydrogen (secondary N) is 1. The maximum Gasteiger partial charge on any atom is 0.317 e. The van der Waals surface area contributed by atoms with Gasteiger partial charge >= 0.3 is 5.97 Å². The highest BCUT2D eigenvalue weighted by molar-refractivity contribution is 7.99. The molecule has 1 amide bonds. The molecule has 1 N–H and O–H groups in total. The van der Waals surface area contributed by atoms with Crippen molar-refractivity contribution in [2.24, 2.45) is 0 Å². The number of anilines is 1. The lowest BCUT2D eigenvalue weighted by molar-refractivity contribution is -0.150. The van der Waals surface area contributed by atoms with Crippen LogP contribution in [-0.4, -0.2) is 33.7 Å². The Bertz CT molecular complexity index is 748. The molecular formula is C17H18ClN3O3S. The molecule has 0 aliphatic heterocycles. The normalized spacial score (nSPS) is 11.7. The Labute approximate surface area is 155 Å². The molecule has 0 aliphatic rings. The average Bonchev–Trinajstić information content (AvgIpc) is 2.54. The van der Waals surface area contributed by atoms with E-state index in [1.807, 2.05) is 19.9 Å². The van der Waals surface area contributed by atoms with Gasteiger partial charge in [-0.3, -0.25) is 9.59 Å². The fourth-order valence-electron chi connectivity index (χ4n) is 1.94. The fraction of sp³-hybridized carbons (Fsp3) is 0.294. The molecule has 0 aliphatic carbocycles. The largest absolute Gasteiger partial charge is 0.452 e. The van der Waals surface area contributed by atoms with E-state index in [9.17, 15) is 9.59 Å². The van der Waals surface area contributed by atoms with Gasteiger partial charge in [-0.1, -0.05) is 23.4 Å². The lowest BCUT2D eigenvalue weighted by Gasteiger charge is -2.13. The standard InChI is InChI=1S/C17H18ClN3O3S/c1-10-8-11(2)20-17(19-10)25-9-15(22)24-12(3)16(23)21-14-6-4-13(18)5-7-14/h4-8,12H,9H2,1-3H3,(H,21,23). The highest BCUT2D eigenvalue weighted by Crippen LogP contribution is 2.16. The van der Waals surface area contributed by atoms with Gasteiger partial charge in [-0.2, -0.15) is 0 Å². The number of hydrogen-bond donors (Lipinski definition) is 1. The zero-order valence-corrected chi connectivity index (χ0v) is 15.6. The van der Waals surface area contributed by atoms with Gasteiger partial charge in [-0.25, -0.2) is 9.97 Å². The molecule has 0 bridgehead atoms. The number of benzene rings is 1. The monoisotopic (exact) mass is 379 g/mol. The number of nitrogens with zero attached hydrogens (tertiary/aromatic N) is 2. The first kappa shape index (κ1) is 19.2. The van der Waals surface area contributed by atoms with E-state index in [1.165, 1.54) is 18.7 Å². The van der Waals surface area contributed by atoms with E-state index < -0.39 is 18.0 Å². The molecule has 0 saturated carbocycles. The number of thioether (sulfide) groups is 1. The van der Waals surface area contributed by atoms with Crippen molar-refractivity contribution in [2.75, 3.05) is 11.1 Å². The van der Waals surface area contributed by atoms with Gasteiger partial charge in [0.05, 0.1) is 5.75 Å². The van der Waals surface area contributed by atoms with Crippen molar-refractivity contribution in [2.45, 2.75) is 32.0 Å². The van der Waals surface area contributed by atoms with Crippen molar-refractivity contribution in [3.05, 3.63) is 46.7 Å². The molecule has 25 heavy (non-hydrogen) atoms. The summed E-state index contributed by atoms with van der Waals surface area (Å²) < 4.78 is 5.14. The molecule has 1 heterocycles. The molecule has 6 nitrogen and oxygen atoms in total. The molecule has 1 aromatic carbocycles. The van der Waals surface area contributed by atoms with Crippen LogP contribution in [0.15, 0.2) is 35.5 Å². The molecule has 0 saturated heterocycles. The van der Waals surface area contributed by atoms with Crippen LogP contribution < -0.4 is 5.32 Å². The van der Waals surface area contributed by atoms with Gasteiger partial charge < -0.3 is 10.1 Å². The van der Waals surface area contributed by atoms with Gasteiger partial charge in [0.15, 0.2) is 11.3 Å². The molecule has 1 unspecified atom stereocenters. The maximum absolute atomic E-state index is 12.0. The van der Waals surface area contributed by atoms with Crippen molar-refractivity contribution >= 4 is 40.9 Å². The maximum atomic E-state index is 12.0. The fourth-order valence-corrected chi connectivity index (χ4v) is 2.80. The third kappa shape index (κ3) is 6.36. The number of rotatable bonds is 6. The van der Waals surface area contributed by atoms with Crippen LogP contribution in [0.5, 0.6) is 0 Å². The summed E-state index contributed by atoms with van der Waals surface area (Å²) in [4.78, 5) is 32.4. The Balaban J connectivity index is 1.82. The molecule has 0 fully saturated rings. The minimum absolute atomic E-state index is 0.0292. The zero-order valence-electron chi connectivity index (χ0n) is 14.1. The third-order valence-corrected chi connectivity index (χ3v) is 4.14. The quantitative estimate of drug-likeness (QED) is 0.470. The molecule has 132 valence electrons. The van der Waals surface area contributed by atoms with Crippen molar-refractivity contribution < 1.29 is 14.3 Å². The van der Waals surface area contributed by atoms with Crippen LogP contribution in [0.2, 0.25) is 5.02 Å². The molecule has 2 aromatic rings. The van der Waals surface area contributed by atoms with Crippen LogP contribution >= 0.6 is 23.4 Å².